The highest BCUT2D eigenvalue weighted by molar-refractivity contribution is 5.50. The van der Waals surface area contributed by atoms with Gasteiger partial charge in [-0.3, -0.25) is 4.98 Å². The Labute approximate surface area is 66.6 Å². The minimum absolute atomic E-state index is 0.501. The molecule has 0 saturated heterocycles. The van der Waals surface area contributed by atoms with E-state index in [4.69, 9.17) is 5.73 Å². The molecule has 0 unspecified atom stereocenters. The zero-order valence-corrected chi connectivity index (χ0v) is 6.89. The molecule has 0 bridgehead atoms. The van der Waals surface area contributed by atoms with Crippen molar-refractivity contribution in [3.63, 3.8) is 0 Å². The van der Waals surface area contributed by atoms with Crippen molar-refractivity contribution in [1.82, 2.24) is 4.98 Å². The summed E-state index contributed by atoms with van der Waals surface area (Å²) in [5, 5.41) is 3.07. The van der Waals surface area contributed by atoms with Crippen molar-refractivity contribution in [2.24, 2.45) is 5.73 Å². The smallest absolute Gasteiger partial charge is 0.0589 e. The Kier molecular flexibility index (Phi) is 2.44. The van der Waals surface area contributed by atoms with Crippen molar-refractivity contribution >= 4 is 5.69 Å². The number of nitrogens with zero attached hydrogens (tertiary/aromatic N) is 1. The number of anilines is 1. The van der Waals surface area contributed by atoms with E-state index >= 15 is 0 Å². The molecule has 0 radical (unpaired) electrons. The van der Waals surface area contributed by atoms with E-state index in [9.17, 15) is 0 Å². The monoisotopic (exact) mass is 151 g/mol. The average Bonchev–Trinajstić information content (AvgIpc) is 2.05. The molecule has 1 aromatic rings. The van der Waals surface area contributed by atoms with Crippen LogP contribution < -0.4 is 11.1 Å². The van der Waals surface area contributed by atoms with Gasteiger partial charge in [0, 0.05) is 25.5 Å². The average molecular weight is 151 g/mol. The maximum absolute atomic E-state index is 5.48. The highest BCUT2D eigenvalue weighted by atomic mass is 14.8. The molecule has 1 rings (SSSR count). The summed E-state index contributed by atoms with van der Waals surface area (Å²) < 4.78 is 0. The van der Waals surface area contributed by atoms with Crippen molar-refractivity contribution in [3.8, 4) is 0 Å². The molecule has 11 heavy (non-hydrogen) atoms. The molecule has 1 aromatic heterocycles. The highest BCUT2D eigenvalue weighted by Crippen LogP contribution is 2.14. The fourth-order valence-corrected chi connectivity index (χ4v) is 1.06. The van der Waals surface area contributed by atoms with Crippen LogP contribution in [0.25, 0.3) is 0 Å². The van der Waals surface area contributed by atoms with Gasteiger partial charge in [-0.2, -0.15) is 0 Å². The van der Waals surface area contributed by atoms with Crippen LogP contribution in [0.1, 0.15) is 11.3 Å². The number of hydrogen-bond acceptors (Lipinski definition) is 3. The first-order chi connectivity index (χ1) is 5.29. The van der Waals surface area contributed by atoms with E-state index < -0.39 is 0 Å². The van der Waals surface area contributed by atoms with Gasteiger partial charge in [-0.1, -0.05) is 0 Å². The van der Waals surface area contributed by atoms with Gasteiger partial charge in [0.05, 0.1) is 5.69 Å². The highest BCUT2D eigenvalue weighted by Gasteiger charge is 2.00. The zero-order chi connectivity index (χ0) is 8.27. The predicted molar refractivity (Wildman–Crippen MR) is 46.4 cm³/mol. The lowest BCUT2D eigenvalue weighted by Gasteiger charge is -2.07. The summed E-state index contributed by atoms with van der Waals surface area (Å²) in [6.07, 6.45) is 1.76. The molecule has 0 aliphatic heterocycles. The van der Waals surface area contributed by atoms with Gasteiger partial charge in [0.1, 0.15) is 0 Å². The molecule has 1 heterocycles. The first kappa shape index (κ1) is 8.01. The molecule has 0 atom stereocenters. The zero-order valence-electron chi connectivity index (χ0n) is 6.89. The molecule has 0 fully saturated rings. The normalized spacial score (nSPS) is 9.73. The summed E-state index contributed by atoms with van der Waals surface area (Å²) in [5.41, 5.74) is 8.67. The number of hydrogen-bond donors (Lipinski definition) is 2. The summed E-state index contributed by atoms with van der Waals surface area (Å²) in [7, 11) is 1.89. The van der Waals surface area contributed by atoms with Crippen LogP contribution in [0.4, 0.5) is 5.69 Å². The van der Waals surface area contributed by atoms with Gasteiger partial charge < -0.3 is 11.1 Å². The summed E-state index contributed by atoms with van der Waals surface area (Å²) in [6.45, 7) is 2.52. The molecule has 3 heteroatoms. The Morgan fingerprint density at radius 3 is 2.91 bits per heavy atom. The van der Waals surface area contributed by atoms with Crippen LogP contribution in [0.5, 0.6) is 0 Å². The van der Waals surface area contributed by atoms with Crippen molar-refractivity contribution in [1.29, 1.82) is 0 Å². The maximum Gasteiger partial charge on any atom is 0.0589 e. The van der Waals surface area contributed by atoms with E-state index in [0.717, 1.165) is 16.9 Å². The quantitative estimate of drug-likeness (QED) is 0.660. The van der Waals surface area contributed by atoms with E-state index in [-0.39, 0.29) is 0 Å². The van der Waals surface area contributed by atoms with E-state index in [2.05, 4.69) is 10.3 Å². The SMILES string of the molecule is CNc1ccnc(CN)c1C. The molecule has 0 spiro atoms. The van der Waals surface area contributed by atoms with Crippen molar-refractivity contribution in [3.05, 3.63) is 23.5 Å². The van der Waals surface area contributed by atoms with Crippen LogP contribution in [0.2, 0.25) is 0 Å². The molecule has 0 aliphatic rings. The second kappa shape index (κ2) is 3.34. The molecule has 0 saturated carbocycles. The van der Waals surface area contributed by atoms with E-state index in [1.807, 2.05) is 20.0 Å². The Hall–Kier alpha value is -1.09. The van der Waals surface area contributed by atoms with Gasteiger partial charge in [-0.25, -0.2) is 0 Å². The van der Waals surface area contributed by atoms with Crippen LogP contribution in [-0.2, 0) is 6.54 Å². The predicted octanol–water partition coefficient (Wildman–Crippen LogP) is 0.890. The molecular weight excluding hydrogens is 138 g/mol. The van der Waals surface area contributed by atoms with Gasteiger partial charge in [0.15, 0.2) is 0 Å². The Balaban J connectivity index is 3.10. The second-order valence-corrected chi connectivity index (χ2v) is 2.38. The standard InChI is InChI=1S/C8H13N3/c1-6-7(10-2)3-4-11-8(6)5-9/h3-4H,5,9H2,1-2H3,(H,10,11). The number of nitrogens with two attached hydrogens (primary N) is 1. The van der Waals surface area contributed by atoms with Gasteiger partial charge in [0.2, 0.25) is 0 Å². The minimum atomic E-state index is 0.501. The molecule has 0 amide bonds. The lowest BCUT2D eigenvalue weighted by molar-refractivity contribution is 0.969. The molecule has 3 N–H and O–H groups in total. The Bertz CT molecular complexity index is 223. The maximum atomic E-state index is 5.48. The van der Waals surface area contributed by atoms with Crippen LogP contribution in [0.3, 0.4) is 0 Å². The van der Waals surface area contributed by atoms with E-state index in [0.29, 0.717) is 6.54 Å². The summed E-state index contributed by atoms with van der Waals surface area (Å²) in [4.78, 5) is 4.14. The lowest BCUT2D eigenvalue weighted by Crippen LogP contribution is -2.04. The summed E-state index contributed by atoms with van der Waals surface area (Å²) >= 11 is 0. The van der Waals surface area contributed by atoms with Crippen LogP contribution in [-0.4, -0.2) is 12.0 Å². The molecule has 60 valence electrons. The fourth-order valence-electron chi connectivity index (χ4n) is 1.06. The van der Waals surface area contributed by atoms with Gasteiger partial charge >= 0.3 is 0 Å². The van der Waals surface area contributed by atoms with E-state index in [1.165, 1.54) is 0 Å². The van der Waals surface area contributed by atoms with Crippen molar-refractivity contribution in [2.45, 2.75) is 13.5 Å². The third-order valence-electron chi connectivity index (χ3n) is 1.77. The second-order valence-electron chi connectivity index (χ2n) is 2.38. The molecule has 0 aromatic carbocycles. The van der Waals surface area contributed by atoms with Crippen molar-refractivity contribution < 1.29 is 0 Å². The summed E-state index contributed by atoms with van der Waals surface area (Å²) in [6, 6.07) is 1.94. The van der Waals surface area contributed by atoms with Gasteiger partial charge in [0.25, 0.3) is 0 Å². The first-order valence-electron chi connectivity index (χ1n) is 3.62. The van der Waals surface area contributed by atoms with Crippen LogP contribution >= 0.6 is 0 Å². The number of rotatable bonds is 2. The van der Waals surface area contributed by atoms with Crippen molar-refractivity contribution in [2.75, 3.05) is 12.4 Å². The molecule has 3 nitrogen and oxygen atoms in total. The lowest BCUT2D eigenvalue weighted by atomic mass is 10.2. The minimum Gasteiger partial charge on any atom is -0.388 e. The van der Waals surface area contributed by atoms with Crippen LogP contribution in [0, 0.1) is 6.92 Å². The third kappa shape index (κ3) is 1.49. The summed E-state index contributed by atoms with van der Waals surface area (Å²) in [5.74, 6) is 0. The first-order valence-corrected chi connectivity index (χ1v) is 3.62. The van der Waals surface area contributed by atoms with Gasteiger partial charge in [-0.05, 0) is 18.6 Å². The van der Waals surface area contributed by atoms with Crippen LogP contribution in [0.15, 0.2) is 12.3 Å². The number of aromatic nitrogens is 1. The molecular formula is C8H13N3. The molecule has 0 aliphatic carbocycles. The van der Waals surface area contributed by atoms with Gasteiger partial charge in [-0.15, -0.1) is 0 Å². The number of pyridine rings is 1. The number of nitrogens with one attached hydrogen (secondary N) is 1. The Morgan fingerprint density at radius 1 is 1.64 bits per heavy atom. The largest absolute Gasteiger partial charge is 0.388 e. The topological polar surface area (TPSA) is 50.9 Å². The fraction of sp³-hybridized carbons (Fsp3) is 0.375. The van der Waals surface area contributed by atoms with E-state index in [1.54, 1.807) is 6.20 Å². The Morgan fingerprint density at radius 2 is 2.36 bits per heavy atom. The third-order valence-corrected chi connectivity index (χ3v) is 1.77.